The van der Waals surface area contributed by atoms with Crippen LogP contribution in [0.25, 0.3) is 5.52 Å². The monoisotopic (exact) mass is 295 g/mol. The number of carbonyl (C=O) groups is 1. The molecule has 1 N–H and O–H groups in total. The molecule has 2 aromatic heterocycles. The van der Waals surface area contributed by atoms with Crippen LogP contribution < -0.4 is 5.32 Å². The number of aromatic nitrogens is 2. The molecule has 1 amide bonds. The van der Waals surface area contributed by atoms with E-state index >= 15 is 0 Å². The molecule has 5 heteroatoms. The lowest BCUT2D eigenvalue weighted by Crippen LogP contribution is -2.41. The van der Waals surface area contributed by atoms with Crippen molar-refractivity contribution < 1.29 is 4.79 Å². The van der Waals surface area contributed by atoms with Crippen LogP contribution in [0.4, 0.5) is 0 Å². The first kappa shape index (κ1) is 12.1. The van der Waals surface area contributed by atoms with E-state index in [-0.39, 0.29) is 5.91 Å². The van der Waals surface area contributed by atoms with Gasteiger partial charge in [0.15, 0.2) is 0 Å². The van der Waals surface area contributed by atoms with Gasteiger partial charge in [-0.15, -0.1) is 0 Å². The molecule has 0 radical (unpaired) electrons. The van der Waals surface area contributed by atoms with Crippen molar-refractivity contribution in [1.29, 1.82) is 0 Å². The highest BCUT2D eigenvalue weighted by molar-refractivity contribution is 9.10. The van der Waals surface area contributed by atoms with Gasteiger partial charge in [0.2, 0.25) is 5.91 Å². The van der Waals surface area contributed by atoms with E-state index in [4.69, 9.17) is 0 Å². The number of nitrogens with one attached hydrogen (secondary N) is 1. The summed E-state index contributed by atoms with van der Waals surface area (Å²) in [6, 6.07) is 5.87. The Labute approximate surface area is 108 Å². The minimum atomic E-state index is -0.512. The summed E-state index contributed by atoms with van der Waals surface area (Å²) >= 11 is 3.43. The maximum Gasteiger partial charge on any atom is 0.217 e. The van der Waals surface area contributed by atoms with Gasteiger partial charge in [-0.05, 0) is 41.9 Å². The van der Waals surface area contributed by atoms with Crippen molar-refractivity contribution in [2.24, 2.45) is 0 Å². The average Bonchev–Trinajstić information content (AvgIpc) is 2.56. The maximum atomic E-state index is 11.2. The molecular formula is C12H14BrN3O. The Bertz CT molecular complexity index is 574. The first-order valence-electron chi connectivity index (χ1n) is 5.33. The molecule has 0 saturated heterocycles. The average molecular weight is 296 g/mol. The van der Waals surface area contributed by atoms with Crippen molar-refractivity contribution in [1.82, 2.24) is 14.7 Å². The van der Waals surface area contributed by atoms with Crippen molar-refractivity contribution in [2.75, 3.05) is 0 Å². The fraction of sp³-hybridized carbons (Fsp3) is 0.333. The third-order valence-corrected chi connectivity index (χ3v) is 3.13. The smallest absolute Gasteiger partial charge is 0.217 e. The van der Waals surface area contributed by atoms with E-state index < -0.39 is 5.54 Å². The first-order valence-corrected chi connectivity index (χ1v) is 6.13. The van der Waals surface area contributed by atoms with Crippen LogP contribution in [0, 0.1) is 0 Å². The maximum absolute atomic E-state index is 11.2. The second-order valence-corrected chi connectivity index (χ2v) is 5.24. The molecule has 2 aromatic rings. The van der Waals surface area contributed by atoms with Crippen LogP contribution in [-0.4, -0.2) is 15.3 Å². The summed E-state index contributed by atoms with van der Waals surface area (Å²) in [4.78, 5) is 15.7. The van der Waals surface area contributed by atoms with E-state index in [0.29, 0.717) is 0 Å². The van der Waals surface area contributed by atoms with Crippen molar-refractivity contribution in [3.8, 4) is 0 Å². The lowest BCUT2D eigenvalue weighted by molar-refractivity contribution is -0.120. The number of pyridine rings is 1. The Morgan fingerprint density at radius 1 is 1.47 bits per heavy atom. The molecule has 0 spiro atoms. The second-order valence-electron chi connectivity index (χ2n) is 4.49. The van der Waals surface area contributed by atoms with Gasteiger partial charge in [-0.25, -0.2) is 4.98 Å². The van der Waals surface area contributed by atoms with E-state index in [0.717, 1.165) is 15.9 Å². The third-order valence-electron chi connectivity index (χ3n) is 2.55. The molecule has 90 valence electrons. The van der Waals surface area contributed by atoms with Gasteiger partial charge in [-0.1, -0.05) is 6.07 Å². The summed E-state index contributed by atoms with van der Waals surface area (Å²) in [5, 5.41) is 2.90. The minimum Gasteiger partial charge on any atom is -0.344 e. The lowest BCUT2D eigenvalue weighted by Gasteiger charge is -2.24. The Kier molecular flexibility index (Phi) is 2.95. The van der Waals surface area contributed by atoms with E-state index in [1.54, 1.807) is 0 Å². The number of hydrogen-bond acceptors (Lipinski definition) is 2. The molecule has 0 fully saturated rings. The number of carbonyl (C=O) groups excluding carboxylic acids is 1. The number of halogens is 1. The molecule has 17 heavy (non-hydrogen) atoms. The van der Waals surface area contributed by atoms with Gasteiger partial charge in [0.25, 0.3) is 0 Å². The fourth-order valence-electron chi connectivity index (χ4n) is 1.94. The van der Waals surface area contributed by atoms with Gasteiger partial charge >= 0.3 is 0 Å². The van der Waals surface area contributed by atoms with Crippen LogP contribution in [0.5, 0.6) is 0 Å². The summed E-state index contributed by atoms with van der Waals surface area (Å²) in [6.07, 6.45) is 1.94. The van der Waals surface area contributed by atoms with Gasteiger partial charge in [0, 0.05) is 13.1 Å². The van der Waals surface area contributed by atoms with Crippen LogP contribution in [0.2, 0.25) is 0 Å². The molecule has 0 aliphatic heterocycles. The molecule has 0 aliphatic rings. The Balaban J connectivity index is 2.59. The molecule has 2 rings (SSSR count). The zero-order valence-corrected chi connectivity index (χ0v) is 11.6. The predicted molar refractivity (Wildman–Crippen MR) is 69.7 cm³/mol. The number of rotatable bonds is 2. The Morgan fingerprint density at radius 3 is 2.82 bits per heavy atom. The molecular weight excluding hydrogens is 282 g/mol. The molecule has 4 nitrogen and oxygen atoms in total. The zero-order valence-electron chi connectivity index (χ0n) is 9.99. The van der Waals surface area contributed by atoms with Gasteiger partial charge in [-0.3, -0.25) is 4.79 Å². The van der Waals surface area contributed by atoms with Gasteiger partial charge < -0.3 is 9.72 Å². The SMILES string of the molecule is CC(=O)NC(C)(C)c1nc(Br)c2ccccn12. The predicted octanol–water partition coefficient (Wildman–Crippen LogP) is 2.47. The number of imidazole rings is 1. The van der Waals surface area contributed by atoms with Gasteiger partial charge in [0.05, 0.1) is 11.1 Å². The van der Waals surface area contributed by atoms with Gasteiger partial charge in [-0.2, -0.15) is 0 Å². The first-order chi connectivity index (χ1) is 7.92. The van der Waals surface area contributed by atoms with Crippen molar-refractivity contribution in [3.63, 3.8) is 0 Å². The second kappa shape index (κ2) is 4.14. The van der Waals surface area contributed by atoms with Crippen LogP contribution >= 0.6 is 15.9 Å². The van der Waals surface area contributed by atoms with E-state index in [9.17, 15) is 4.79 Å². The lowest BCUT2D eigenvalue weighted by atomic mass is 10.0. The highest BCUT2D eigenvalue weighted by Gasteiger charge is 2.27. The largest absolute Gasteiger partial charge is 0.344 e. The van der Waals surface area contributed by atoms with Crippen LogP contribution in [0.3, 0.4) is 0 Å². The number of hydrogen-bond donors (Lipinski definition) is 1. The zero-order chi connectivity index (χ0) is 12.6. The third kappa shape index (κ3) is 2.20. The van der Waals surface area contributed by atoms with Crippen LogP contribution in [0.15, 0.2) is 29.0 Å². The quantitative estimate of drug-likeness (QED) is 0.925. The fourth-order valence-corrected chi connectivity index (χ4v) is 2.43. The van der Waals surface area contributed by atoms with E-state index in [1.165, 1.54) is 6.92 Å². The molecule has 0 aliphatic carbocycles. The molecule has 0 saturated carbocycles. The van der Waals surface area contributed by atoms with Gasteiger partial charge in [0.1, 0.15) is 10.4 Å². The summed E-state index contributed by atoms with van der Waals surface area (Å²) < 4.78 is 2.76. The normalized spacial score (nSPS) is 11.8. The molecule has 0 aromatic carbocycles. The molecule has 0 unspecified atom stereocenters. The summed E-state index contributed by atoms with van der Waals surface area (Å²) in [5.74, 6) is 0.731. The summed E-state index contributed by atoms with van der Waals surface area (Å²) in [6.45, 7) is 5.37. The molecule has 0 atom stereocenters. The van der Waals surface area contributed by atoms with Crippen molar-refractivity contribution in [3.05, 3.63) is 34.8 Å². The summed E-state index contributed by atoms with van der Waals surface area (Å²) in [7, 11) is 0. The van der Waals surface area contributed by atoms with E-state index in [1.807, 2.05) is 42.6 Å². The molecule has 2 heterocycles. The Hall–Kier alpha value is -1.36. The van der Waals surface area contributed by atoms with Crippen molar-refractivity contribution >= 4 is 27.4 Å². The number of amides is 1. The van der Waals surface area contributed by atoms with Crippen LogP contribution in [0.1, 0.15) is 26.6 Å². The highest BCUT2D eigenvalue weighted by atomic mass is 79.9. The number of fused-ring (bicyclic) bond motifs is 1. The summed E-state index contributed by atoms with van der Waals surface area (Å²) in [5.41, 5.74) is 0.475. The topological polar surface area (TPSA) is 46.4 Å². The molecule has 0 bridgehead atoms. The van der Waals surface area contributed by atoms with E-state index in [2.05, 4.69) is 26.2 Å². The van der Waals surface area contributed by atoms with Crippen molar-refractivity contribution in [2.45, 2.75) is 26.3 Å². The Morgan fingerprint density at radius 2 is 2.18 bits per heavy atom. The standard InChI is InChI=1S/C12H14BrN3O/c1-8(17)15-12(2,3)11-14-10(13)9-6-4-5-7-16(9)11/h4-7H,1-3H3,(H,15,17). The highest BCUT2D eigenvalue weighted by Crippen LogP contribution is 2.25. The number of nitrogens with zero attached hydrogens (tertiary/aromatic N) is 2. The minimum absolute atomic E-state index is 0.0706. The van der Waals surface area contributed by atoms with Crippen LogP contribution in [-0.2, 0) is 10.3 Å².